The van der Waals surface area contributed by atoms with Crippen LogP contribution in [0.1, 0.15) is 16.1 Å². The molecule has 1 aromatic heterocycles. The van der Waals surface area contributed by atoms with Gasteiger partial charge in [0.2, 0.25) is 0 Å². The van der Waals surface area contributed by atoms with E-state index >= 15 is 0 Å². The maximum absolute atomic E-state index is 12.7. The van der Waals surface area contributed by atoms with Crippen molar-refractivity contribution in [1.82, 2.24) is 9.78 Å². The van der Waals surface area contributed by atoms with Gasteiger partial charge >= 0.3 is 12.1 Å². The maximum Gasteiger partial charge on any atom is 0.418 e. The first-order valence-corrected chi connectivity index (χ1v) is 4.85. The van der Waals surface area contributed by atoms with Crippen molar-refractivity contribution in [2.24, 2.45) is 0 Å². The molecule has 4 nitrogen and oxygen atoms in total. The molecule has 0 saturated heterocycles. The molecule has 0 aliphatic heterocycles. The molecule has 2 aromatic rings. The molecular weight excluding hydrogens is 249 g/mol. The number of hydrogen-bond donors (Lipinski definition) is 1. The van der Waals surface area contributed by atoms with Crippen molar-refractivity contribution in [3.05, 3.63) is 47.8 Å². The molecule has 0 radical (unpaired) electrons. The van der Waals surface area contributed by atoms with Gasteiger partial charge in [-0.25, -0.2) is 9.48 Å². The molecule has 7 heteroatoms. The van der Waals surface area contributed by atoms with Crippen LogP contribution in [-0.2, 0) is 6.18 Å². The van der Waals surface area contributed by atoms with Gasteiger partial charge in [0.1, 0.15) is 0 Å². The summed E-state index contributed by atoms with van der Waals surface area (Å²) < 4.78 is 39.1. The summed E-state index contributed by atoms with van der Waals surface area (Å²) in [6, 6.07) is 5.95. The molecule has 0 amide bonds. The van der Waals surface area contributed by atoms with E-state index in [2.05, 4.69) is 5.10 Å². The van der Waals surface area contributed by atoms with Crippen LogP contribution in [-0.4, -0.2) is 20.9 Å². The van der Waals surface area contributed by atoms with E-state index in [9.17, 15) is 18.0 Å². The number of aromatic carboxylic acids is 1. The van der Waals surface area contributed by atoms with E-state index in [1.54, 1.807) is 0 Å². The molecule has 0 fully saturated rings. The Labute approximate surface area is 99.3 Å². The zero-order chi connectivity index (χ0) is 13.3. The number of para-hydroxylation sites is 1. The van der Waals surface area contributed by atoms with Crippen LogP contribution >= 0.6 is 0 Å². The lowest BCUT2D eigenvalue weighted by atomic mass is 10.2. The third-order valence-corrected chi connectivity index (χ3v) is 2.26. The Morgan fingerprint density at radius 3 is 2.44 bits per heavy atom. The molecule has 0 spiro atoms. The molecule has 1 N–H and O–H groups in total. The average Bonchev–Trinajstić information content (AvgIpc) is 2.77. The fraction of sp³-hybridized carbons (Fsp3) is 0.0909. The van der Waals surface area contributed by atoms with Crippen molar-refractivity contribution in [2.45, 2.75) is 6.18 Å². The van der Waals surface area contributed by atoms with Crippen LogP contribution in [0.2, 0.25) is 0 Å². The Balaban J connectivity index is 2.53. The molecule has 0 aliphatic carbocycles. The summed E-state index contributed by atoms with van der Waals surface area (Å²) >= 11 is 0. The van der Waals surface area contributed by atoms with E-state index in [1.165, 1.54) is 24.4 Å². The zero-order valence-electron chi connectivity index (χ0n) is 8.85. The second-order valence-corrected chi connectivity index (χ2v) is 3.47. The normalized spacial score (nSPS) is 11.5. The Morgan fingerprint density at radius 2 is 1.89 bits per heavy atom. The minimum atomic E-state index is -4.52. The summed E-state index contributed by atoms with van der Waals surface area (Å²) in [7, 11) is 0. The van der Waals surface area contributed by atoms with Crippen molar-refractivity contribution >= 4 is 5.97 Å². The fourth-order valence-corrected chi connectivity index (χ4v) is 1.49. The molecule has 18 heavy (non-hydrogen) atoms. The first kappa shape index (κ1) is 12.2. The zero-order valence-corrected chi connectivity index (χ0v) is 8.85. The second-order valence-electron chi connectivity index (χ2n) is 3.47. The van der Waals surface area contributed by atoms with E-state index in [1.807, 2.05) is 0 Å². The predicted octanol–water partition coefficient (Wildman–Crippen LogP) is 2.59. The van der Waals surface area contributed by atoms with Gasteiger partial charge in [-0.05, 0) is 18.2 Å². The van der Waals surface area contributed by atoms with Gasteiger partial charge in [0.25, 0.3) is 0 Å². The van der Waals surface area contributed by atoms with Gasteiger partial charge in [0.05, 0.1) is 11.3 Å². The lowest BCUT2D eigenvalue weighted by molar-refractivity contribution is -0.137. The van der Waals surface area contributed by atoms with Crippen LogP contribution in [0.15, 0.2) is 36.5 Å². The number of aromatic nitrogens is 2. The highest BCUT2D eigenvalue weighted by Gasteiger charge is 2.33. The first-order valence-electron chi connectivity index (χ1n) is 4.85. The van der Waals surface area contributed by atoms with Crippen molar-refractivity contribution in [1.29, 1.82) is 0 Å². The summed E-state index contributed by atoms with van der Waals surface area (Å²) in [5, 5.41) is 12.2. The SMILES string of the molecule is O=C(O)c1ccn(-c2ccccc2C(F)(F)F)n1. The molecule has 0 bridgehead atoms. The molecule has 0 saturated carbocycles. The number of carboxylic acids is 1. The molecule has 2 rings (SSSR count). The smallest absolute Gasteiger partial charge is 0.418 e. The van der Waals surface area contributed by atoms with E-state index in [0.29, 0.717) is 0 Å². The number of halogens is 3. The highest BCUT2D eigenvalue weighted by atomic mass is 19.4. The first-order chi connectivity index (χ1) is 8.39. The molecule has 0 unspecified atom stereocenters. The number of hydrogen-bond acceptors (Lipinski definition) is 2. The monoisotopic (exact) mass is 256 g/mol. The minimum absolute atomic E-state index is 0.211. The highest BCUT2D eigenvalue weighted by molar-refractivity contribution is 5.85. The Hall–Kier alpha value is -2.31. The summed E-state index contributed by atoms with van der Waals surface area (Å²) in [5.74, 6) is -1.29. The molecular formula is C11H7F3N2O2. The number of rotatable bonds is 2. The van der Waals surface area contributed by atoms with Gasteiger partial charge in [-0.3, -0.25) is 0 Å². The summed E-state index contributed by atoms with van der Waals surface area (Å²) in [4.78, 5) is 10.6. The van der Waals surface area contributed by atoms with Gasteiger partial charge in [-0.2, -0.15) is 18.3 Å². The fourth-order valence-electron chi connectivity index (χ4n) is 1.49. The van der Waals surface area contributed by atoms with Gasteiger partial charge in [-0.15, -0.1) is 0 Å². The van der Waals surface area contributed by atoms with E-state index in [0.717, 1.165) is 16.8 Å². The minimum Gasteiger partial charge on any atom is -0.476 e. The average molecular weight is 256 g/mol. The number of alkyl halides is 3. The van der Waals surface area contributed by atoms with Crippen molar-refractivity contribution in [3.8, 4) is 5.69 Å². The third-order valence-electron chi connectivity index (χ3n) is 2.26. The second kappa shape index (κ2) is 4.17. The van der Waals surface area contributed by atoms with E-state index in [-0.39, 0.29) is 11.4 Å². The van der Waals surface area contributed by atoms with Crippen LogP contribution < -0.4 is 0 Å². The standard InChI is InChI=1S/C11H7F3N2O2/c12-11(13,14)7-3-1-2-4-9(7)16-6-5-8(15-16)10(17)18/h1-6H,(H,17,18). The van der Waals surface area contributed by atoms with Crippen LogP contribution in [0, 0.1) is 0 Å². The van der Waals surface area contributed by atoms with Crippen LogP contribution in [0.4, 0.5) is 13.2 Å². The maximum atomic E-state index is 12.7. The molecule has 1 heterocycles. The lowest BCUT2D eigenvalue weighted by Crippen LogP contribution is -2.11. The van der Waals surface area contributed by atoms with Crippen molar-refractivity contribution in [3.63, 3.8) is 0 Å². The van der Waals surface area contributed by atoms with E-state index < -0.39 is 17.7 Å². The summed E-state index contributed by atoms with van der Waals surface area (Å²) in [6.45, 7) is 0. The van der Waals surface area contributed by atoms with E-state index in [4.69, 9.17) is 5.11 Å². The molecule has 1 aromatic carbocycles. The molecule has 0 atom stereocenters. The topological polar surface area (TPSA) is 55.1 Å². The number of carbonyl (C=O) groups is 1. The lowest BCUT2D eigenvalue weighted by Gasteiger charge is -2.12. The summed E-state index contributed by atoms with van der Waals surface area (Å²) in [5.41, 5.74) is -1.39. The largest absolute Gasteiger partial charge is 0.476 e. The van der Waals surface area contributed by atoms with Gasteiger partial charge < -0.3 is 5.11 Å². The summed E-state index contributed by atoms with van der Waals surface area (Å²) in [6.07, 6.45) is -3.35. The number of carboxylic acid groups (broad SMARTS) is 1. The number of nitrogens with zero attached hydrogens (tertiary/aromatic N) is 2. The number of benzene rings is 1. The van der Waals surface area contributed by atoms with Crippen LogP contribution in [0.3, 0.4) is 0 Å². The Bertz CT molecular complexity index is 590. The van der Waals surface area contributed by atoms with Crippen LogP contribution in [0.5, 0.6) is 0 Å². The van der Waals surface area contributed by atoms with Crippen LogP contribution in [0.25, 0.3) is 5.69 Å². The van der Waals surface area contributed by atoms with Crippen molar-refractivity contribution < 1.29 is 23.1 Å². The van der Waals surface area contributed by atoms with Gasteiger partial charge in [0.15, 0.2) is 5.69 Å². The van der Waals surface area contributed by atoms with Crippen molar-refractivity contribution in [2.75, 3.05) is 0 Å². The Morgan fingerprint density at radius 1 is 1.22 bits per heavy atom. The van der Waals surface area contributed by atoms with Gasteiger partial charge in [0, 0.05) is 6.20 Å². The Kier molecular flexibility index (Phi) is 2.82. The molecule has 0 aliphatic rings. The predicted molar refractivity (Wildman–Crippen MR) is 55.5 cm³/mol. The quantitative estimate of drug-likeness (QED) is 0.898. The highest BCUT2D eigenvalue weighted by Crippen LogP contribution is 2.33. The van der Waals surface area contributed by atoms with Gasteiger partial charge in [-0.1, -0.05) is 12.1 Å². The molecule has 94 valence electrons. The third kappa shape index (κ3) is 2.20.